The van der Waals surface area contributed by atoms with Gasteiger partial charge in [-0.15, -0.1) is 11.3 Å². The number of carboxylic acid groups (broad SMARTS) is 1. The number of ether oxygens (including phenoxy) is 1. The van der Waals surface area contributed by atoms with E-state index in [4.69, 9.17) is 9.84 Å². The van der Waals surface area contributed by atoms with Crippen molar-refractivity contribution in [2.75, 3.05) is 19.6 Å². The van der Waals surface area contributed by atoms with Gasteiger partial charge in [0.1, 0.15) is 12.4 Å². The summed E-state index contributed by atoms with van der Waals surface area (Å²) in [5.74, 6) is 0.132. The SMILES string of the molecule is O=C(O)CCc1ccc2c(c1)C(=CCCN1CCCC1)c1sccc1CO2. The first-order chi connectivity index (χ1) is 13.2. The van der Waals surface area contributed by atoms with Crippen LogP contribution in [0.2, 0.25) is 0 Å². The minimum atomic E-state index is -0.761. The number of benzene rings is 1. The largest absolute Gasteiger partial charge is 0.488 e. The fourth-order valence-electron chi connectivity index (χ4n) is 3.88. The Morgan fingerprint density at radius 2 is 2.11 bits per heavy atom. The molecule has 5 heteroatoms. The van der Waals surface area contributed by atoms with Crippen molar-refractivity contribution >= 4 is 22.9 Å². The topological polar surface area (TPSA) is 49.8 Å². The van der Waals surface area contributed by atoms with Crippen LogP contribution in [-0.2, 0) is 17.8 Å². The van der Waals surface area contributed by atoms with E-state index in [1.807, 2.05) is 12.1 Å². The lowest BCUT2D eigenvalue weighted by Crippen LogP contribution is -2.19. The van der Waals surface area contributed by atoms with Crippen LogP contribution in [0.1, 0.15) is 47.3 Å². The van der Waals surface area contributed by atoms with Crippen LogP contribution in [0.3, 0.4) is 0 Å². The van der Waals surface area contributed by atoms with Gasteiger partial charge in [-0.3, -0.25) is 4.79 Å². The molecule has 1 fully saturated rings. The van der Waals surface area contributed by atoms with E-state index < -0.39 is 5.97 Å². The quantitative estimate of drug-likeness (QED) is 0.793. The smallest absolute Gasteiger partial charge is 0.303 e. The van der Waals surface area contributed by atoms with Gasteiger partial charge in [-0.25, -0.2) is 0 Å². The van der Waals surface area contributed by atoms with Gasteiger partial charge in [0.25, 0.3) is 0 Å². The van der Waals surface area contributed by atoms with E-state index in [-0.39, 0.29) is 6.42 Å². The summed E-state index contributed by atoms with van der Waals surface area (Å²) < 4.78 is 6.06. The van der Waals surface area contributed by atoms with Gasteiger partial charge in [-0.1, -0.05) is 12.1 Å². The van der Waals surface area contributed by atoms with Crippen LogP contribution in [0.4, 0.5) is 0 Å². The first-order valence-electron chi connectivity index (χ1n) is 9.68. The van der Waals surface area contributed by atoms with Crippen molar-refractivity contribution in [2.45, 2.75) is 38.7 Å². The molecule has 4 rings (SSSR count). The lowest BCUT2D eigenvalue weighted by Gasteiger charge is -2.14. The Balaban J connectivity index is 1.64. The number of fused-ring (bicyclic) bond motifs is 2. The predicted octanol–water partition coefficient (Wildman–Crippen LogP) is 4.58. The summed E-state index contributed by atoms with van der Waals surface area (Å²) in [6.07, 6.45) is 6.69. The zero-order valence-electron chi connectivity index (χ0n) is 15.4. The second-order valence-electron chi connectivity index (χ2n) is 7.24. The summed E-state index contributed by atoms with van der Waals surface area (Å²) in [6, 6.07) is 8.25. The summed E-state index contributed by atoms with van der Waals surface area (Å²) in [5.41, 5.74) is 4.62. The molecule has 2 aliphatic heterocycles. The van der Waals surface area contributed by atoms with Crippen LogP contribution in [0.5, 0.6) is 5.75 Å². The third-order valence-electron chi connectivity index (χ3n) is 5.33. The second kappa shape index (κ2) is 8.28. The molecule has 1 aromatic heterocycles. The van der Waals surface area contributed by atoms with Gasteiger partial charge in [-0.2, -0.15) is 0 Å². The molecule has 0 unspecified atom stereocenters. The molecule has 142 valence electrons. The Labute approximate surface area is 164 Å². The van der Waals surface area contributed by atoms with E-state index in [1.54, 1.807) is 11.3 Å². The highest BCUT2D eigenvalue weighted by Gasteiger charge is 2.21. The lowest BCUT2D eigenvalue weighted by molar-refractivity contribution is -0.136. The fraction of sp³-hybridized carbons (Fsp3) is 0.409. The summed E-state index contributed by atoms with van der Waals surface area (Å²) >= 11 is 1.76. The number of thiophene rings is 1. The van der Waals surface area contributed by atoms with E-state index in [2.05, 4.69) is 28.5 Å². The van der Waals surface area contributed by atoms with Gasteiger partial charge in [0, 0.05) is 29.0 Å². The molecule has 0 radical (unpaired) electrons. The highest BCUT2D eigenvalue weighted by Crippen LogP contribution is 2.40. The third kappa shape index (κ3) is 4.25. The number of carbonyl (C=O) groups is 1. The van der Waals surface area contributed by atoms with Crippen LogP contribution in [-0.4, -0.2) is 35.6 Å². The van der Waals surface area contributed by atoms with Crippen LogP contribution in [0, 0.1) is 0 Å². The summed E-state index contributed by atoms with van der Waals surface area (Å²) in [4.78, 5) is 14.8. The monoisotopic (exact) mass is 383 g/mol. The van der Waals surface area contributed by atoms with E-state index in [1.165, 1.54) is 41.9 Å². The molecule has 1 N–H and O–H groups in total. The van der Waals surface area contributed by atoms with Gasteiger partial charge in [0.05, 0.1) is 0 Å². The number of hydrogen-bond donors (Lipinski definition) is 1. The van der Waals surface area contributed by atoms with Crippen LogP contribution >= 0.6 is 11.3 Å². The molecule has 0 bridgehead atoms. The molecular formula is C22H25NO3S. The Bertz CT molecular complexity index is 849. The molecule has 0 atom stereocenters. The van der Waals surface area contributed by atoms with Crippen molar-refractivity contribution in [3.8, 4) is 5.75 Å². The number of likely N-dealkylation sites (tertiary alicyclic amines) is 1. The molecule has 0 aliphatic carbocycles. The van der Waals surface area contributed by atoms with Crippen molar-refractivity contribution < 1.29 is 14.6 Å². The van der Waals surface area contributed by atoms with Gasteiger partial charge >= 0.3 is 5.97 Å². The molecule has 1 aromatic carbocycles. The number of rotatable bonds is 6. The first-order valence-corrected chi connectivity index (χ1v) is 10.6. The van der Waals surface area contributed by atoms with Crippen molar-refractivity contribution in [1.82, 2.24) is 4.90 Å². The Morgan fingerprint density at radius 1 is 1.26 bits per heavy atom. The Kier molecular flexibility index (Phi) is 5.60. The van der Waals surface area contributed by atoms with Crippen LogP contribution in [0.25, 0.3) is 5.57 Å². The van der Waals surface area contributed by atoms with E-state index in [0.29, 0.717) is 13.0 Å². The molecule has 2 aliphatic rings. The normalized spacial score (nSPS) is 18.0. The molecule has 0 saturated carbocycles. The summed E-state index contributed by atoms with van der Waals surface area (Å²) in [5, 5.41) is 11.1. The molecule has 1 saturated heterocycles. The molecule has 27 heavy (non-hydrogen) atoms. The molecule has 4 nitrogen and oxygen atoms in total. The van der Waals surface area contributed by atoms with Crippen molar-refractivity contribution in [3.63, 3.8) is 0 Å². The third-order valence-corrected chi connectivity index (χ3v) is 6.32. The van der Waals surface area contributed by atoms with E-state index in [0.717, 1.165) is 29.8 Å². The average molecular weight is 384 g/mol. The van der Waals surface area contributed by atoms with Gasteiger partial charge in [-0.05, 0) is 73.5 Å². The molecule has 2 aromatic rings. The number of nitrogens with zero attached hydrogens (tertiary/aromatic N) is 1. The highest BCUT2D eigenvalue weighted by molar-refractivity contribution is 7.11. The maximum Gasteiger partial charge on any atom is 0.303 e. The van der Waals surface area contributed by atoms with Crippen molar-refractivity contribution in [3.05, 3.63) is 57.3 Å². The lowest BCUT2D eigenvalue weighted by atomic mass is 9.97. The average Bonchev–Trinajstić information content (AvgIpc) is 3.32. The number of hydrogen-bond acceptors (Lipinski definition) is 4. The van der Waals surface area contributed by atoms with Gasteiger partial charge < -0.3 is 14.7 Å². The fourth-order valence-corrected chi connectivity index (χ4v) is 4.85. The summed E-state index contributed by atoms with van der Waals surface area (Å²) in [7, 11) is 0. The zero-order valence-corrected chi connectivity index (χ0v) is 16.3. The number of aliphatic carboxylic acids is 1. The van der Waals surface area contributed by atoms with Gasteiger partial charge in [0.15, 0.2) is 0 Å². The van der Waals surface area contributed by atoms with Crippen molar-refractivity contribution in [1.29, 1.82) is 0 Å². The van der Waals surface area contributed by atoms with Crippen LogP contribution in [0.15, 0.2) is 35.7 Å². The second-order valence-corrected chi connectivity index (χ2v) is 8.16. The molecule has 3 heterocycles. The minimum absolute atomic E-state index is 0.151. The predicted molar refractivity (Wildman–Crippen MR) is 108 cm³/mol. The highest BCUT2D eigenvalue weighted by atomic mass is 32.1. The number of aryl methyl sites for hydroxylation is 1. The minimum Gasteiger partial charge on any atom is -0.488 e. The summed E-state index contributed by atoms with van der Waals surface area (Å²) in [6.45, 7) is 4.11. The first kappa shape index (κ1) is 18.3. The number of carboxylic acids is 1. The van der Waals surface area contributed by atoms with E-state index >= 15 is 0 Å². The zero-order chi connectivity index (χ0) is 18.6. The van der Waals surface area contributed by atoms with E-state index in [9.17, 15) is 4.79 Å². The van der Waals surface area contributed by atoms with Crippen LogP contribution < -0.4 is 4.74 Å². The Morgan fingerprint density at radius 3 is 2.93 bits per heavy atom. The Hall–Kier alpha value is -2.11. The van der Waals surface area contributed by atoms with Gasteiger partial charge in [0.2, 0.25) is 0 Å². The molecule has 0 amide bonds. The molecular weight excluding hydrogens is 358 g/mol. The maximum atomic E-state index is 10.9. The van der Waals surface area contributed by atoms with Crippen molar-refractivity contribution in [2.24, 2.45) is 0 Å². The standard InChI is InChI=1S/C22H25NO3S/c24-21(25)8-6-16-5-7-20-19(14-16)18(4-3-12-23-10-1-2-11-23)22-17(15-26-20)9-13-27-22/h4-5,7,9,13-14H,1-3,6,8,10-12,15H2,(H,24,25). The maximum absolute atomic E-state index is 10.9. The molecule has 0 spiro atoms.